The minimum Gasteiger partial charge on any atom is -0.462 e. The summed E-state index contributed by atoms with van der Waals surface area (Å²) >= 11 is 0. The first-order valence-corrected chi connectivity index (χ1v) is 46.6. The monoisotopic (exact) mass is 1510 g/mol. The number of phosphoric acid groups is 2. The first-order valence-electron chi connectivity index (χ1n) is 43.6. The SMILES string of the molecule is CCCCCCCCCCCCCCCCCCCCCCC(=O)OC[C@H](COP(=O)(O)OC[C@@H](O)COP(=O)(O)OC[C@@H](COC(=O)CCCCCCCCC)OC(=O)CCCCCCCCCCCCCCCC(C)C)OC(=O)CCCCCCCCCCCCCCCCCCCCCC. The second-order valence-corrected chi connectivity index (χ2v) is 33.6. The summed E-state index contributed by atoms with van der Waals surface area (Å²) in [4.78, 5) is 73.0. The van der Waals surface area contributed by atoms with Gasteiger partial charge in [0.2, 0.25) is 0 Å². The van der Waals surface area contributed by atoms with Gasteiger partial charge in [-0.2, -0.15) is 0 Å². The number of rotatable bonds is 84. The third-order valence-electron chi connectivity index (χ3n) is 19.8. The van der Waals surface area contributed by atoms with E-state index in [1.54, 1.807) is 0 Å². The molecular weight excluding hydrogens is 1340 g/mol. The Hall–Kier alpha value is -1.94. The van der Waals surface area contributed by atoms with E-state index in [2.05, 4.69) is 34.6 Å². The van der Waals surface area contributed by atoms with Crippen molar-refractivity contribution >= 4 is 39.5 Å². The molecule has 5 atom stereocenters. The maximum Gasteiger partial charge on any atom is 0.472 e. The largest absolute Gasteiger partial charge is 0.472 e. The molecule has 2 unspecified atom stereocenters. The lowest BCUT2D eigenvalue weighted by atomic mass is 10.0. The van der Waals surface area contributed by atoms with Gasteiger partial charge in [0.15, 0.2) is 12.2 Å². The van der Waals surface area contributed by atoms with Crippen LogP contribution in [0.1, 0.15) is 452 Å². The summed E-state index contributed by atoms with van der Waals surface area (Å²) in [6.07, 6.45) is 69.7. The zero-order chi connectivity index (χ0) is 75.5. The zero-order valence-corrected chi connectivity index (χ0v) is 69.3. The number of phosphoric ester groups is 2. The van der Waals surface area contributed by atoms with Crippen molar-refractivity contribution in [3.63, 3.8) is 0 Å². The van der Waals surface area contributed by atoms with Crippen LogP contribution in [0.5, 0.6) is 0 Å². The fourth-order valence-electron chi connectivity index (χ4n) is 13.1. The van der Waals surface area contributed by atoms with E-state index in [4.69, 9.17) is 37.0 Å². The average molecular weight is 1510 g/mol. The second-order valence-electron chi connectivity index (χ2n) is 30.7. The molecule has 0 saturated heterocycles. The average Bonchev–Trinajstić information content (AvgIpc) is 0.926. The van der Waals surface area contributed by atoms with Crippen LogP contribution in [-0.4, -0.2) is 96.7 Å². The van der Waals surface area contributed by atoms with Gasteiger partial charge in [-0.3, -0.25) is 37.3 Å². The lowest BCUT2D eigenvalue weighted by molar-refractivity contribution is -0.161. The molecule has 0 aliphatic carbocycles. The van der Waals surface area contributed by atoms with Crippen LogP contribution >= 0.6 is 15.6 Å². The molecule has 0 rings (SSSR count). The summed E-state index contributed by atoms with van der Waals surface area (Å²) in [5.74, 6) is -1.32. The highest BCUT2D eigenvalue weighted by atomic mass is 31.2. The third kappa shape index (κ3) is 78.0. The highest BCUT2D eigenvalue weighted by molar-refractivity contribution is 7.47. The molecule has 0 radical (unpaired) electrons. The second kappa shape index (κ2) is 76.8. The summed E-state index contributed by atoms with van der Waals surface area (Å²) in [6, 6.07) is 0. The molecule has 0 aromatic rings. The summed E-state index contributed by atoms with van der Waals surface area (Å²) in [5, 5.41) is 10.6. The number of hydrogen-bond acceptors (Lipinski definition) is 15. The van der Waals surface area contributed by atoms with Crippen molar-refractivity contribution in [2.45, 2.75) is 470 Å². The number of unbranched alkanes of at least 4 members (excludes halogenated alkanes) is 56. The van der Waals surface area contributed by atoms with Gasteiger partial charge in [-0.15, -0.1) is 0 Å². The fourth-order valence-corrected chi connectivity index (χ4v) is 14.7. The number of carbonyl (C=O) groups excluding carboxylic acids is 4. The molecule has 0 saturated carbocycles. The van der Waals surface area contributed by atoms with Crippen LogP contribution in [0.2, 0.25) is 0 Å². The molecule has 0 aliphatic heterocycles. The van der Waals surface area contributed by atoms with E-state index < -0.39 is 97.5 Å². The maximum atomic E-state index is 13.1. The molecule has 0 heterocycles. The molecule has 0 bridgehead atoms. The molecule has 0 aromatic carbocycles. The maximum absolute atomic E-state index is 13.1. The van der Waals surface area contributed by atoms with Crippen LogP contribution in [0, 0.1) is 5.92 Å². The summed E-state index contributed by atoms with van der Waals surface area (Å²) in [5.41, 5.74) is 0. The molecule has 103 heavy (non-hydrogen) atoms. The molecule has 0 fully saturated rings. The number of hydrogen-bond donors (Lipinski definition) is 3. The van der Waals surface area contributed by atoms with Crippen LogP contribution in [0.25, 0.3) is 0 Å². The van der Waals surface area contributed by atoms with Crippen molar-refractivity contribution in [1.82, 2.24) is 0 Å². The third-order valence-corrected chi connectivity index (χ3v) is 21.7. The standard InChI is InChI=1S/C84H164O17P2/c1-6-9-12-15-18-20-22-24-26-28-30-32-34-36-40-44-48-53-58-63-68-82(87)95-74-80(101-84(89)69-64-59-54-49-45-41-37-35-33-31-29-27-25-23-21-19-16-13-10-7-2)76-99-103(92,93)97-72-78(85)71-96-102(90,91)98-75-79(73-94-81(86)67-62-57-51-17-14-11-8-3)100-83(88)70-65-60-55-50-46-42-38-39-43-47-52-56-61-66-77(4)5/h77-80,85H,6-76H2,1-5H3,(H,90,91)(H,92,93)/t78-,79+,80+/m0/s1. The number of aliphatic hydroxyl groups excluding tert-OH is 1. The number of carbonyl (C=O) groups is 4. The van der Waals surface area contributed by atoms with E-state index in [9.17, 15) is 43.2 Å². The minimum atomic E-state index is -4.96. The fraction of sp³-hybridized carbons (Fsp3) is 0.952. The Morgan fingerprint density at radius 3 is 0.660 bits per heavy atom. The van der Waals surface area contributed by atoms with Crippen LogP contribution in [0.15, 0.2) is 0 Å². The Kier molecular flexibility index (Phi) is 75.4. The molecule has 19 heteroatoms. The molecule has 17 nitrogen and oxygen atoms in total. The zero-order valence-electron chi connectivity index (χ0n) is 67.5. The molecule has 0 aromatic heterocycles. The smallest absolute Gasteiger partial charge is 0.462 e. The topological polar surface area (TPSA) is 237 Å². The lowest BCUT2D eigenvalue weighted by Gasteiger charge is -2.21. The Morgan fingerprint density at radius 2 is 0.447 bits per heavy atom. The Balaban J connectivity index is 5.16. The van der Waals surface area contributed by atoms with E-state index in [1.165, 1.54) is 263 Å². The quantitative estimate of drug-likeness (QED) is 0.0222. The van der Waals surface area contributed by atoms with Gasteiger partial charge in [0.25, 0.3) is 0 Å². The van der Waals surface area contributed by atoms with Crippen molar-refractivity contribution in [3.8, 4) is 0 Å². The van der Waals surface area contributed by atoms with Gasteiger partial charge in [-0.05, 0) is 31.6 Å². The first-order chi connectivity index (χ1) is 50.0. The van der Waals surface area contributed by atoms with Crippen LogP contribution < -0.4 is 0 Å². The molecule has 0 aliphatic rings. The minimum absolute atomic E-state index is 0.107. The molecule has 612 valence electrons. The van der Waals surface area contributed by atoms with Crippen molar-refractivity contribution in [2.75, 3.05) is 39.6 Å². The lowest BCUT2D eigenvalue weighted by Crippen LogP contribution is -2.30. The van der Waals surface area contributed by atoms with Crippen molar-refractivity contribution in [2.24, 2.45) is 5.92 Å². The van der Waals surface area contributed by atoms with Crippen LogP contribution in [0.4, 0.5) is 0 Å². The summed E-state index contributed by atoms with van der Waals surface area (Å²) in [7, 11) is -9.92. The molecule has 3 N–H and O–H groups in total. The van der Waals surface area contributed by atoms with Gasteiger partial charge in [-0.25, -0.2) is 9.13 Å². The van der Waals surface area contributed by atoms with Gasteiger partial charge in [-0.1, -0.05) is 401 Å². The number of aliphatic hydroxyl groups is 1. The van der Waals surface area contributed by atoms with Crippen molar-refractivity contribution < 1.29 is 80.2 Å². The Morgan fingerprint density at radius 1 is 0.262 bits per heavy atom. The predicted octanol–water partition coefficient (Wildman–Crippen LogP) is 25.6. The Bertz CT molecular complexity index is 1960. The van der Waals surface area contributed by atoms with E-state index in [-0.39, 0.29) is 25.7 Å². The molecule has 0 amide bonds. The summed E-state index contributed by atoms with van der Waals surface area (Å²) in [6.45, 7) is 7.32. The van der Waals surface area contributed by atoms with E-state index in [0.29, 0.717) is 25.7 Å². The van der Waals surface area contributed by atoms with Crippen LogP contribution in [0.3, 0.4) is 0 Å². The van der Waals surface area contributed by atoms with Gasteiger partial charge >= 0.3 is 39.5 Å². The summed E-state index contributed by atoms with van der Waals surface area (Å²) < 4.78 is 68.7. The number of ether oxygens (including phenoxy) is 4. The van der Waals surface area contributed by atoms with E-state index in [0.717, 1.165) is 109 Å². The van der Waals surface area contributed by atoms with Crippen LogP contribution in [-0.2, 0) is 65.4 Å². The van der Waals surface area contributed by atoms with E-state index >= 15 is 0 Å². The predicted molar refractivity (Wildman–Crippen MR) is 423 cm³/mol. The first kappa shape index (κ1) is 101. The Labute approximate surface area is 632 Å². The normalized spacial score (nSPS) is 13.8. The van der Waals surface area contributed by atoms with Crippen molar-refractivity contribution in [1.29, 1.82) is 0 Å². The molecular formula is C84H164O17P2. The molecule has 0 spiro atoms. The number of esters is 4. The van der Waals surface area contributed by atoms with Gasteiger partial charge < -0.3 is 33.8 Å². The highest BCUT2D eigenvalue weighted by Gasteiger charge is 2.30. The van der Waals surface area contributed by atoms with Gasteiger partial charge in [0, 0.05) is 25.7 Å². The van der Waals surface area contributed by atoms with Gasteiger partial charge in [0.05, 0.1) is 26.4 Å². The van der Waals surface area contributed by atoms with Crippen molar-refractivity contribution in [3.05, 3.63) is 0 Å². The van der Waals surface area contributed by atoms with E-state index in [1.807, 2.05) is 0 Å². The van der Waals surface area contributed by atoms with Gasteiger partial charge in [0.1, 0.15) is 19.3 Å². The highest BCUT2D eigenvalue weighted by Crippen LogP contribution is 2.45.